The number of aliphatic hydroxyl groups is 1. The molecule has 9 heteroatoms. The summed E-state index contributed by atoms with van der Waals surface area (Å²) in [6.07, 6.45) is 4.65. The zero-order valence-corrected chi connectivity index (χ0v) is 20.3. The van der Waals surface area contributed by atoms with E-state index in [1.54, 1.807) is 17.1 Å². The largest absolute Gasteiger partial charge is 0.465 e. The topological polar surface area (TPSA) is 96.4 Å². The van der Waals surface area contributed by atoms with Gasteiger partial charge in [0.1, 0.15) is 11.6 Å². The van der Waals surface area contributed by atoms with Crippen molar-refractivity contribution in [3.63, 3.8) is 0 Å². The van der Waals surface area contributed by atoms with E-state index in [0.717, 1.165) is 6.42 Å². The number of esters is 1. The highest BCUT2D eigenvalue weighted by Crippen LogP contribution is 2.60. The number of likely N-dealkylation sites (tertiary alicyclic amines) is 1. The summed E-state index contributed by atoms with van der Waals surface area (Å²) in [6.45, 7) is 11.5. The van der Waals surface area contributed by atoms with Crippen LogP contribution in [0.5, 0.6) is 0 Å². The minimum atomic E-state index is -1.14. The Labute approximate surface area is 197 Å². The van der Waals surface area contributed by atoms with Crippen molar-refractivity contribution in [2.75, 3.05) is 26.3 Å². The number of unbranched alkanes of at least 4 members (excludes halogenated alkanes) is 1. The Hall–Kier alpha value is -1.71. The summed E-state index contributed by atoms with van der Waals surface area (Å²) in [5.74, 6) is -2.69. The van der Waals surface area contributed by atoms with Gasteiger partial charge in [0.05, 0.1) is 31.2 Å². The van der Waals surface area contributed by atoms with Crippen LogP contribution in [0.4, 0.5) is 0 Å². The molecule has 32 heavy (non-hydrogen) atoms. The summed E-state index contributed by atoms with van der Waals surface area (Å²) < 4.78 is 11.8. The van der Waals surface area contributed by atoms with Crippen molar-refractivity contribution in [1.29, 1.82) is 0 Å². The number of allylic oxidation sites excluding steroid dienone is 1. The van der Waals surface area contributed by atoms with Crippen molar-refractivity contribution >= 4 is 33.7 Å². The summed E-state index contributed by atoms with van der Waals surface area (Å²) >= 11 is 3.61. The third-order valence-corrected chi connectivity index (χ3v) is 7.51. The van der Waals surface area contributed by atoms with Crippen LogP contribution in [0.15, 0.2) is 25.3 Å². The number of halogens is 1. The molecule has 3 saturated heterocycles. The van der Waals surface area contributed by atoms with Gasteiger partial charge in [-0.05, 0) is 33.1 Å². The maximum absolute atomic E-state index is 13.7. The van der Waals surface area contributed by atoms with Crippen LogP contribution in [0.25, 0.3) is 0 Å². The fourth-order valence-corrected chi connectivity index (χ4v) is 6.32. The average Bonchev–Trinajstić information content (AvgIpc) is 3.33. The highest BCUT2D eigenvalue weighted by Gasteiger charge is 2.77. The Balaban J connectivity index is 1.96. The average molecular weight is 513 g/mol. The zero-order chi connectivity index (χ0) is 23.6. The number of hydrogen-bond acceptors (Lipinski definition) is 6. The number of fused-ring (bicyclic) bond motifs is 1. The molecule has 0 aliphatic carbocycles. The van der Waals surface area contributed by atoms with E-state index in [4.69, 9.17) is 9.47 Å². The van der Waals surface area contributed by atoms with Crippen molar-refractivity contribution in [3.8, 4) is 0 Å². The number of β-amino-alcohol motifs (C(OH)–C–C–N with tert-alkyl or cyclic N) is 1. The van der Waals surface area contributed by atoms with Gasteiger partial charge in [0, 0.05) is 24.0 Å². The quantitative estimate of drug-likeness (QED) is 0.196. The van der Waals surface area contributed by atoms with Gasteiger partial charge < -0.3 is 24.4 Å². The molecule has 2 bridgehead atoms. The lowest BCUT2D eigenvalue weighted by molar-refractivity contribution is -0.155. The van der Waals surface area contributed by atoms with E-state index in [1.165, 1.54) is 4.90 Å². The number of amides is 2. The fraction of sp³-hybridized carbons (Fsp3) is 0.696. The lowest BCUT2D eigenvalue weighted by atomic mass is 9.70. The number of hydrogen-bond donors (Lipinski definition) is 1. The maximum atomic E-state index is 13.7. The normalized spacial score (nSPS) is 32.8. The molecule has 3 unspecified atom stereocenters. The zero-order valence-electron chi connectivity index (χ0n) is 18.7. The smallest absolute Gasteiger partial charge is 0.312 e. The number of aliphatic hydroxyl groups excluding tert-OH is 1. The number of alkyl halides is 1. The van der Waals surface area contributed by atoms with Gasteiger partial charge in [0.25, 0.3) is 0 Å². The van der Waals surface area contributed by atoms with Gasteiger partial charge in [-0.25, -0.2) is 0 Å². The second-order valence-corrected chi connectivity index (χ2v) is 10.1. The van der Waals surface area contributed by atoms with Gasteiger partial charge in [-0.2, -0.15) is 0 Å². The fourth-order valence-electron chi connectivity index (χ4n) is 5.37. The summed E-state index contributed by atoms with van der Waals surface area (Å²) in [7, 11) is 0. The maximum Gasteiger partial charge on any atom is 0.312 e. The van der Waals surface area contributed by atoms with Gasteiger partial charge in [0.2, 0.25) is 11.8 Å². The van der Waals surface area contributed by atoms with Crippen molar-refractivity contribution in [2.45, 2.75) is 61.7 Å². The monoisotopic (exact) mass is 512 g/mol. The minimum absolute atomic E-state index is 0.00437. The SMILES string of the molecule is C=CCCCOC(=O)[C@H]1[C@@H]2OC3(CC2Br)C(C(=O)N(CC=C)C(C)C)N(CCO)C(=O)[C@H]13. The lowest BCUT2D eigenvalue weighted by Gasteiger charge is -2.38. The third-order valence-electron chi connectivity index (χ3n) is 6.67. The Morgan fingerprint density at radius 2 is 2.12 bits per heavy atom. The van der Waals surface area contributed by atoms with E-state index >= 15 is 0 Å². The third kappa shape index (κ3) is 4.03. The van der Waals surface area contributed by atoms with E-state index in [9.17, 15) is 19.5 Å². The Kier molecular flexibility index (Phi) is 7.83. The van der Waals surface area contributed by atoms with E-state index in [0.29, 0.717) is 19.4 Å². The van der Waals surface area contributed by atoms with Crippen LogP contribution in [0.3, 0.4) is 0 Å². The second-order valence-electron chi connectivity index (χ2n) is 8.89. The molecule has 2 amide bonds. The Morgan fingerprint density at radius 1 is 1.41 bits per heavy atom. The van der Waals surface area contributed by atoms with Crippen LogP contribution >= 0.6 is 15.9 Å². The van der Waals surface area contributed by atoms with Crippen LogP contribution in [0.2, 0.25) is 0 Å². The molecule has 0 aromatic heterocycles. The number of nitrogens with zero attached hydrogens (tertiary/aromatic N) is 2. The molecule has 3 fully saturated rings. The first-order valence-electron chi connectivity index (χ1n) is 11.2. The van der Waals surface area contributed by atoms with Gasteiger partial charge in [-0.15, -0.1) is 13.2 Å². The van der Waals surface area contributed by atoms with Gasteiger partial charge in [-0.1, -0.05) is 28.1 Å². The first-order chi connectivity index (χ1) is 15.2. The molecule has 0 saturated carbocycles. The predicted molar refractivity (Wildman–Crippen MR) is 122 cm³/mol. The predicted octanol–water partition coefficient (Wildman–Crippen LogP) is 1.66. The van der Waals surface area contributed by atoms with Crippen LogP contribution in [0, 0.1) is 11.8 Å². The number of carbonyl (C=O) groups excluding carboxylic acids is 3. The molecule has 0 aromatic rings. The van der Waals surface area contributed by atoms with Crippen molar-refractivity contribution in [2.24, 2.45) is 11.8 Å². The minimum Gasteiger partial charge on any atom is -0.465 e. The van der Waals surface area contributed by atoms with E-state index in [-0.39, 0.29) is 42.4 Å². The Bertz CT molecular complexity index is 774. The molecule has 0 aromatic carbocycles. The molecule has 8 nitrogen and oxygen atoms in total. The summed E-state index contributed by atoms with van der Waals surface area (Å²) in [6, 6.07) is -1.04. The van der Waals surface area contributed by atoms with Gasteiger partial charge >= 0.3 is 5.97 Å². The first kappa shape index (κ1) is 24.9. The van der Waals surface area contributed by atoms with Crippen molar-refractivity contribution in [1.82, 2.24) is 9.80 Å². The van der Waals surface area contributed by atoms with E-state index in [2.05, 4.69) is 29.1 Å². The van der Waals surface area contributed by atoms with Gasteiger partial charge in [0.15, 0.2) is 0 Å². The number of ether oxygens (including phenoxy) is 2. The second kappa shape index (κ2) is 10.1. The molecule has 1 spiro atoms. The number of carbonyl (C=O) groups is 3. The molecule has 0 radical (unpaired) electrons. The van der Waals surface area contributed by atoms with Crippen LogP contribution in [-0.4, -0.2) is 87.6 Å². The van der Waals surface area contributed by atoms with Gasteiger partial charge in [-0.3, -0.25) is 14.4 Å². The number of rotatable bonds is 11. The molecule has 6 atom stereocenters. The molecular weight excluding hydrogens is 480 g/mol. The molecule has 3 rings (SSSR count). The molecule has 3 heterocycles. The van der Waals surface area contributed by atoms with Crippen LogP contribution < -0.4 is 0 Å². The molecule has 178 valence electrons. The molecule has 3 aliphatic rings. The van der Waals surface area contributed by atoms with E-state index in [1.807, 2.05) is 13.8 Å². The highest BCUT2D eigenvalue weighted by molar-refractivity contribution is 9.09. The first-order valence-corrected chi connectivity index (χ1v) is 12.1. The van der Waals surface area contributed by atoms with E-state index < -0.39 is 35.6 Å². The molecule has 3 aliphatic heterocycles. The molecule has 1 N–H and O–H groups in total. The van der Waals surface area contributed by atoms with Crippen LogP contribution in [-0.2, 0) is 23.9 Å². The summed E-state index contributed by atoms with van der Waals surface area (Å²) in [4.78, 5) is 43.2. The van der Waals surface area contributed by atoms with Crippen molar-refractivity contribution < 1.29 is 29.0 Å². The highest BCUT2D eigenvalue weighted by atomic mass is 79.9. The lowest BCUT2D eigenvalue weighted by Crippen LogP contribution is -2.58. The molecular formula is C23H33BrN2O6. The van der Waals surface area contributed by atoms with Crippen LogP contribution in [0.1, 0.15) is 33.1 Å². The van der Waals surface area contributed by atoms with Crippen molar-refractivity contribution in [3.05, 3.63) is 25.3 Å². The standard InChI is InChI=1S/C23H33BrN2O6/c1-5-7-8-12-31-22(30)16-17-20(28)26(10-11-27)19(21(29)25(9-6-2)14(3)4)23(17)13-15(24)18(16)32-23/h5-6,14-19,27H,1-2,7-13H2,3-4H3/t15?,16-,17+,18-,19?,23?/m1/s1. The Morgan fingerprint density at radius 3 is 2.72 bits per heavy atom. The summed E-state index contributed by atoms with van der Waals surface area (Å²) in [5.41, 5.74) is -1.14. The summed E-state index contributed by atoms with van der Waals surface area (Å²) in [5, 5.41) is 9.63.